The molecule has 38 heavy (non-hydrogen) atoms. The largest absolute Gasteiger partial charge is 0.480 e. The van der Waals surface area contributed by atoms with Crippen molar-refractivity contribution in [2.24, 2.45) is 46.3 Å². The van der Waals surface area contributed by atoms with Gasteiger partial charge >= 0.3 is 5.97 Å². The smallest absolute Gasteiger partial charge is 0.326 e. The van der Waals surface area contributed by atoms with Gasteiger partial charge in [0.2, 0.25) is 5.91 Å². The van der Waals surface area contributed by atoms with E-state index in [1.165, 1.54) is 12.7 Å². The molecule has 0 spiro atoms. The number of hydrogen-bond donors (Lipinski definition) is 5. The van der Waals surface area contributed by atoms with Crippen molar-refractivity contribution in [1.29, 1.82) is 0 Å². The van der Waals surface area contributed by atoms with E-state index in [2.05, 4.69) is 36.1 Å². The summed E-state index contributed by atoms with van der Waals surface area (Å²) in [4.78, 5) is 31.3. The minimum Gasteiger partial charge on any atom is -0.480 e. The molecule has 11 atom stereocenters. The fourth-order valence-electron chi connectivity index (χ4n) is 9.82. The van der Waals surface area contributed by atoms with Gasteiger partial charge in [-0.15, -0.1) is 0 Å². The number of carbonyl (C=O) groups excluding carboxylic acids is 1. The maximum atomic E-state index is 12.7. The average Bonchev–Trinajstić information content (AvgIpc) is 3.50. The molecule has 5 N–H and O–H groups in total. The van der Waals surface area contributed by atoms with Crippen LogP contribution in [-0.4, -0.2) is 55.4 Å². The average molecular weight is 530 g/mol. The van der Waals surface area contributed by atoms with Gasteiger partial charge in [-0.3, -0.25) is 4.79 Å². The van der Waals surface area contributed by atoms with Crippen LogP contribution in [0, 0.1) is 46.3 Å². The fraction of sp³-hybridized carbons (Fsp3) is 0.833. The molecule has 212 valence electrons. The molecule has 4 aliphatic carbocycles. The van der Waals surface area contributed by atoms with E-state index in [-0.39, 0.29) is 35.4 Å². The van der Waals surface area contributed by atoms with Gasteiger partial charge in [-0.1, -0.05) is 20.8 Å². The molecule has 4 aliphatic rings. The summed E-state index contributed by atoms with van der Waals surface area (Å²) in [6, 6.07) is -0.971. The molecule has 0 aliphatic heterocycles. The number of hydrogen-bond acceptors (Lipinski definition) is 5. The Morgan fingerprint density at radius 1 is 1.11 bits per heavy atom. The van der Waals surface area contributed by atoms with E-state index in [1.807, 2.05) is 0 Å². The van der Waals surface area contributed by atoms with Gasteiger partial charge in [0.15, 0.2) is 0 Å². The Bertz CT molecular complexity index is 1000. The lowest BCUT2D eigenvalue weighted by Crippen LogP contribution is -2.58. The monoisotopic (exact) mass is 529 g/mol. The number of aromatic amines is 1. The van der Waals surface area contributed by atoms with Crippen molar-refractivity contribution in [1.82, 2.24) is 15.3 Å². The molecule has 0 aromatic carbocycles. The van der Waals surface area contributed by atoms with Gasteiger partial charge in [-0.05, 0) is 104 Å². The highest BCUT2D eigenvalue weighted by Crippen LogP contribution is 2.68. The second-order valence-electron chi connectivity index (χ2n) is 13.7. The van der Waals surface area contributed by atoms with Gasteiger partial charge in [-0.2, -0.15) is 0 Å². The lowest BCUT2D eigenvalue weighted by molar-refractivity contribution is -0.174. The maximum absolute atomic E-state index is 12.7. The lowest BCUT2D eigenvalue weighted by atomic mass is 9.43. The van der Waals surface area contributed by atoms with Gasteiger partial charge in [0, 0.05) is 24.7 Å². The maximum Gasteiger partial charge on any atom is 0.326 e. The molecular weight excluding hydrogens is 482 g/mol. The number of amides is 1. The van der Waals surface area contributed by atoms with E-state index >= 15 is 0 Å². The molecule has 1 amide bonds. The van der Waals surface area contributed by atoms with E-state index in [0.29, 0.717) is 47.6 Å². The van der Waals surface area contributed by atoms with Crippen LogP contribution >= 0.6 is 0 Å². The van der Waals surface area contributed by atoms with Gasteiger partial charge in [-0.25, -0.2) is 9.78 Å². The lowest BCUT2D eigenvalue weighted by Gasteiger charge is -2.62. The summed E-state index contributed by atoms with van der Waals surface area (Å²) in [5.41, 5.74) is 1.07. The molecule has 4 fully saturated rings. The minimum atomic E-state index is -1.04. The topological polar surface area (TPSA) is 136 Å². The van der Waals surface area contributed by atoms with Crippen LogP contribution in [0.25, 0.3) is 0 Å². The number of imidazole rings is 1. The molecule has 5 rings (SSSR count). The number of fused-ring (bicyclic) bond motifs is 5. The number of aliphatic hydroxyl groups is 2. The number of rotatable bonds is 8. The van der Waals surface area contributed by atoms with Crippen LogP contribution in [0.5, 0.6) is 0 Å². The molecule has 0 radical (unpaired) electrons. The summed E-state index contributed by atoms with van der Waals surface area (Å²) in [5, 5.41) is 34.0. The molecule has 0 bridgehead atoms. The van der Waals surface area contributed by atoms with Crippen molar-refractivity contribution >= 4 is 11.9 Å². The highest BCUT2D eigenvalue weighted by Gasteiger charge is 2.62. The molecule has 8 nitrogen and oxygen atoms in total. The number of aliphatic carboxylic acids is 1. The molecule has 1 heterocycles. The van der Waals surface area contributed by atoms with E-state index < -0.39 is 12.0 Å². The van der Waals surface area contributed by atoms with Crippen LogP contribution < -0.4 is 5.32 Å². The zero-order chi connectivity index (χ0) is 27.2. The predicted molar refractivity (Wildman–Crippen MR) is 143 cm³/mol. The zero-order valence-electron chi connectivity index (χ0n) is 23.2. The van der Waals surface area contributed by atoms with Crippen LogP contribution in [0.1, 0.15) is 90.7 Å². The van der Waals surface area contributed by atoms with E-state index in [4.69, 9.17) is 0 Å². The number of aliphatic hydroxyl groups excluding tert-OH is 2. The number of aromatic nitrogens is 2. The van der Waals surface area contributed by atoms with E-state index in [1.54, 1.807) is 6.20 Å². The first-order chi connectivity index (χ1) is 18.0. The highest BCUT2D eigenvalue weighted by atomic mass is 16.4. The van der Waals surface area contributed by atoms with Crippen molar-refractivity contribution in [3.63, 3.8) is 0 Å². The van der Waals surface area contributed by atoms with Gasteiger partial charge in [0.05, 0.1) is 18.5 Å². The quantitative estimate of drug-likeness (QED) is 0.346. The Morgan fingerprint density at radius 2 is 1.84 bits per heavy atom. The standard InChI is InChI=1S/C30H47N3O5/c1-17(4-7-26(36)33-24(28(37)38)14-19-15-31-16-32-19)21-5-6-22-27-23(9-11-30(21,22)3)29(2)10-8-20(34)12-18(29)13-25(27)35/h15-18,20-25,27,34-35H,4-14H2,1-3H3,(H,31,32)(H,33,36)(H,37,38)/t17-,18+,20-,21-,22+,23+,24+,25-,27+,29+,30-/m1/s1. The second kappa shape index (κ2) is 10.6. The van der Waals surface area contributed by atoms with Crippen molar-refractivity contribution in [3.05, 3.63) is 18.2 Å². The number of H-pyrrole nitrogens is 1. The molecule has 1 aromatic rings. The zero-order valence-corrected chi connectivity index (χ0v) is 23.2. The summed E-state index contributed by atoms with van der Waals surface area (Å²) >= 11 is 0. The van der Waals surface area contributed by atoms with Crippen LogP contribution in [0.2, 0.25) is 0 Å². The van der Waals surface area contributed by atoms with Crippen LogP contribution in [0.3, 0.4) is 0 Å². The predicted octanol–water partition coefficient (Wildman–Crippen LogP) is 3.93. The summed E-state index contributed by atoms with van der Waals surface area (Å²) in [7, 11) is 0. The van der Waals surface area contributed by atoms with Crippen molar-refractivity contribution < 1.29 is 24.9 Å². The van der Waals surface area contributed by atoms with Gasteiger partial charge in [0.25, 0.3) is 0 Å². The third-order valence-electron chi connectivity index (χ3n) is 11.9. The first kappa shape index (κ1) is 27.6. The number of carbonyl (C=O) groups is 2. The summed E-state index contributed by atoms with van der Waals surface area (Å²) < 4.78 is 0. The summed E-state index contributed by atoms with van der Waals surface area (Å²) in [6.45, 7) is 7.15. The van der Waals surface area contributed by atoms with Gasteiger partial charge in [0.1, 0.15) is 6.04 Å². The third-order valence-corrected chi connectivity index (χ3v) is 11.9. The van der Waals surface area contributed by atoms with Crippen LogP contribution in [-0.2, 0) is 16.0 Å². The Kier molecular flexibility index (Phi) is 7.68. The molecule has 0 unspecified atom stereocenters. The number of nitrogens with zero attached hydrogens (tertiary/aromatic N) is 1. The first-order valence-electron chi connectivity index (χ1n) is 14.9. The number of nitrogens with one attached hydrogen (secondary N) is 2. The first-order valence-corrected chi connectivity index (χ1v) is 14.9. The summed E-state index contributed by atoms with van der Waals surface area (Å²) in [6.07, 6.45) is 12.1. The van der Waals surface area contributed by atoms with Crippen LogP contribution in [0.4, 0.5) is 0 Å². The Hall–Kier alpha value is -1.93. The second-order valence-corrected chi connectivity index (χ2v) is 13.7. The van der Waals surface area contributed by atoms with Crippen LogP contribution in [0.15, 0.2) is 12.5 Å². The highest BCUT2D eigenvalue weighted by molar-refractivity contribution is 5.83. The SMILES string of the molecule is C[C@H](CCC(=O)N[C@@H](Cc1cnc[nH]1)C(=O)O)[C@H]1CC[C@H]2[C@@H]3[C@H](O)C[C@@H]4C[C@H](O)CC[C@]4(C)[C@H]3CC[C@]12C. The normalized spacial score (nSPS) is 41.9. The van der Waals surface area contributed by atoms with E-state index in [9.17, 15) is 24.9 Å². The molecule has 0 saturated heterocycles. The van der Waals surface area contributed by atoms with Gasteiger partial charge < -0.3 is 25.6 Å². The van der Waals surface area contributed by atoms with Crippen molar-refractivity contribution in [2.45, 2.75) is 110 Å². The molecular formula is C30H47N3O5. The number of carboxylic acid groups (broad SMARTS) is 1. The summed E-state index contributed by atoms with van der Waals surface area (Å²) in [5.74, 6) is 1.41. The van der Waals surface area contributed by atoms with E-state index in [0.717, 1.165) is 51.4 Å². The number of carboxylic acids is 1. The Balaban J connectivity index is 1.21. The molecule has 1 aromatic heterocycles. The molecule has 4 saturated carbocycles. The third kappa shape index (κ3) is 4.91. The Morgan fingerprint density at radius 3 is 2.55 bits per heavy atom. The minimum absolute atomic E-state index is 0.166. The fourth-order valence-corrected chi connectivity index (χ4v) is 9.82. The van der Waals surface area contributed by atoms with Crippen molar-refractivity contribution in [3.8, 4) is 0 Å². The Labute approximate surface area is 226 Å². The molecule has 8 heteroatoms. The van der Waals surface area contributed by atoms with Crippen molar-refractivity contribution in [2.75, 3.05) is 0 Å².